The molecule has 0 saturated carbocycles. The van der Waals surface area contributed by atoms with Gasteiger partial charge in [-0.15, -0.1) is 0 Å². The normalized spacial score (nSPS) is 11.6. The van der Waals surface area contributed by atoms with E-state index in [1.807, 2.05) is 0 Å². The Hall–Kier alpha value is -4.39. The second-order valence-electron chi connectivity index (χ2n) is 6.21. The van der Waals surface area contributed by atoms with Gasteiger partial charge in [0.25, 0.3) is 11.6 Å². The number of nitriles is 1. The Morgan fingerprint density at radius 3 is 2.55 bits per heavy atom. The van der Waals surface area contributed by atoms with Crippen molar-refractivity contribution in [1.82, 2.24) is 0 Å². The zero-order chi connectivity index (χ0) is 22.6. The second kappa shape index (κ2) is 8.54. The number of nitro benzene ring substituents is 1. The summed E-state index contributed by atoms with van der Waals surface area (Å²) in [6.45, 7) is 0. The smallest absolute Gasteiger partial charge is 0.416 e. The number of carbonyl (C=O) groups is 1. The monoisotopic (exact) mass is 427 g/mol. The average molecular weight is 427 g/mol. The highest BCUT2D eigenvalue weighted by atomic mass is 19.4. The highest BCUT2D eigenvalue weighted by molar-refractivity contribution is 6.09. The van der Waals surface area contributed by atoms with Gasteiger partial charge in [0.15, 0.2) is 0 Å². The Morgan fingerprint density at radius 1 is 1.13 bits per heavy atom. The molecule has 0 aliphatic heterocycles. The summed E-state index contributed by atoms with van der Waals surface area (Å²) in [4.78, 5) is 22.6. The van der Waals surface area contributed by atoms with Crippen LogP contribution in [0.5, 0.6) is 0 Å². The van der Waals surface area contributed by atoms with Gasteiger partial charge in [0.2, 0.25) is 0 Å². The highest BCUT2D eigenvalue weighted by Gasteiger charge is 2.30. The van der Waals surface area contributed by atoms with E-state index in [2.05, 4.69) is 5.32 Å². The van der Waals surface area contributed by atoms with E-state index in [-0.39, 0.29) is 22.9 Å². The van der Waals surface area contributed by atoms with Crippen LogP contribution >= 0.6 is 0 Å². The first-order valence-electron chi connectivity index (χ1n) is 8.62. The minimum atomic E-state index is -4.58. The molecule has 3 rings (SSSR count). The summed E-state index contributed by atoms with van der Waals surface area (Å²) in [6.07, 6.45) is -3.46. The molecule has 31 heavy (non-hydrogen) atoms. The van der Waals surface area contributed by atoms with Gasteiger partial charge in [-0.1, -0.05) is 18.2 Å². The molecule has 0 aliphatic rings. The van der Waals surface area contributed by atoms with Crippen molar-refractivity contribution in [3.8, 4) is 17.4 Å². The maximum absolute atomic E-state index is 12.8. The third kappa shape index (κ3) is 5.16. The van der Waals surface area contributed by atoms with Crippen LogP contribution in [-0.2, 0) is 11.0 Å². The molecule has 1 heterocycles. The molecular formula is C21H12F3N3O4. The Balaban J connectivity index is 1.81. The highest BCUT2D eigenvalue weighted by Crippen LogP contribution is 2.31. The van der Waals surface area contributed by atoms with Gasteiger partial charge in [-0.25, -0.2) is 0 Å². The van der Waals surface area contributed by atoms with Gasteiger partial charge in [0.1, 0.15) is 23.2 Å². The van der Waals surface area contributed by atoms with E-state index in [4.69, 9.17) is 4.42 Å². The van der Waals surface area contributed by atoms with E-state index in [1.54, 1.807) is 12.1 Å². The molecule has 0 aliphatic carbocycles. The molecule has 156 valence electrons. The van der Waals surface area contributed by atoms with Gasteiger partial charge in [-0.05, 0) is 30.3 Å². The van der Waals surface area contributed by atoms with E-state index in [0.717, 1.165) is 24.3 Å². The lowest BCUT2D eigenvalue weighted by Gasteiger charge is -2.09. The first-order valence-corrected chi connectivity index (χ1v) is 8.62. The van der Waals surface area contributed by atoms with Crippen LogP contribution in [0.15, 0.2) is 70.7 Å². The topological polar surface area (TPSA) is 109 Å². The summed E-state index contributed by atoms with van der Waals surface area (Å²) in [5.74, 6) is -0.544. The lowest BCUT2D eigenvalue weighted by molar-refractivity contribution is -0.384. The summed E-state index contributed by atoms with van der Waals surface area (Å²) < 4.78 is 43.9. The third-order valence-electron chi connectivity index (χ3n) is 4.07. The molecular weight excluding hydrogens is 415 g/mol. The van der Waals surface area contributed by atoms with E-state index >= 15 is 0 Å². The van der Waals surface area contributed by atoms with Crippen molar-refractivity contribution in [2.45, 2.75) is 6.18 Å². The lowest BCUT2D eigenvalue weighted by atomic mass is 10.1. The zero-order valence-electron chi connectivity index (χ0n) is 15.5. The number of hydrogen-bond acceptors (Lipinski definition) is 5. The number of anilines is 1. The molecule has 0 fully saturated rings. The molecule has 1 N–H and O–H groups in total. The quantitative estimate of drug-likeness (QED) is 0.253. The molecule has 0 saturated heterocycles. The van der Waals surface area contributed by atoms with E-state index in [1.165, 1.54) is 36.4 Å². The van der Waals surface area contributed by atoms with E-state index < -0.39 is 28.1 Å². The molecule has 2 aromatic carbocycles. The number of non-ortho nitro benzene ring substituents is 1. The summed E-state index contributed by atoms with van der Waals surface area (Å²) >= 11 is 0. The van der Waals surface area contributed by atoms with Gasteiger partial charge in [0.05, 0.1) is 10.5 Å². The number of nitrogens with zero attached hydrogens (tertiary/aromatic N) is 2. The first kappa shape index (κ1) is 21.3. The van der Waals surface area contributed by atoms with Gasteiger partial charge >= 0.3 is 6.18 Å². The van der Waals surface area contributed by atoms with Crippen LogP contribution in [0, 0.1) is 21.4 Å². The number of rotatable bonds is 5. The Bertz CT molecular complexity index is 1220. The standard InChI is InChI=1S/C21H12F3N3O4/c22-21(23,24)15-4-2-5-16(11-15)26-20(28)14(12-25)10-18-7-8-19(31-18)13-3-1-6-17(9-13)27(29)30/h1-11H,(H,26,28)/b14-10-. The fourth-order valence-electron chi connectivity index (χ4n) is 2.62. The predicted molar refractivity (Wildman–Crippen MR) is 104 cm³/mol. The van der Waals surface area contributed by atoms with Gasteiger partial charge in [0, 0.05) is 29.5 Å². The summed E-state index contributed by atoms with van der Waals surface area (Å²) in [7, 11) is 0. The van der Waals surface area contributed by atoms with E-state index in [9.17, 15) is 33.3 Å². The van der Waals surface area contributed by atoms with Crippen LogP contribution in [0.3, 0.4) is 0 Å². The first-order chi connectivity index (χ1) is 14.7. The van der Waals surface area contributed by atoms with Crippen molar-refractivity contribution in [2.24, 2.45) is 0 Å². The summed E-state index contributed by atoms with van der Waals surface area (Å²) in [5, 5.41) is 22.4. The average Bonchev–Trinajstić information content (AvgIpc) is 3.20. The molecule has 0 radical (unpaired) electrons. The molecule has 7 nitrogen and oxygen atoms in total. The third-order valence-corrected chi connectivity index (χ3v) is 4.07. The minimum absolute atomic E-state index is 0.109. The number of furan rings is 1. The Kier molecular flexibility index (Phi) is 5.88. The van der Waals surface area contributed by atoms with Crippen molar-refractivity contribution >= 4 is 23.4 Å². The van der Waals surface area contributed by atoms with Crippen LogP contribution in [0.2, 0.25) is 0 Å². The van der Waals surface area contributed by atoms with Crippen LogP contribution < -0.4 is 5.32 Å². The lowest BCUT2D eigenvalue weighted by Crippen LogP contribution is -2.14. The zero-order valence-corrected chi connectivity index (χ0v) is 15.5. The van der Waals surface area contributed by atoms with Crippen molar-refractivity contribution in [3.05, 3.63) is 87.7 Å². The molecule has 0 atom stereocenters. The van der Waals surface area contributed by atoms with Crippen LogP contribution in [0.4, 0.5) is 24.5 Å². The number of hydrogen-bond donors (Lipinski definition) is 1. The second-order valence-corrected chi connectivity index (χ2v) is 6.21. The molecule has 0 unspecified atom stereocenters. The van der Waals surface area contributed by atoms with Crippen LogP contribution in [0.25, 0.3) is 17.4 Å². The number of nitrogens with one attached hydrogen (secondary N) is 1. The SMILES string of the molecule is N#C/C(=C/c1ccc(-c2cccc([N+](=O)[O-])c2)o1)C(=O)Nc1cccc(C(F)(F)F)c1. The largest absolute Gasteiger partial charge is 0.457 e. The summed E-state index contributed by atoms with van der Waals surface area (Å²) in [6, 6.07) is 14.3. The Morgan fingerprint density at radius 2 is 1.87 bits per heavy atom. The van der Waals surface area contributed by atoms with Crippen molar-refractivity contribution < 1.29 is 27.3 Å². The fraction of sp³-hybridized carbons (Fsp3) is 0.0476. The van der Waals surface area contributed by atoms with E-state index in [0.29, 0.717) is 5.56 Å². The molecule has 0 bridgehead atoms. The van der Waals surface area contributed by atoms with Gasteiger partial charge < -0.3 is 9.73 Å². The number of amides is 1. The van der Waals surface area contributed by atoms with Crippen molar-refractivity contribution in [1.29, 1.82) is 5.26 Å². The number of carbonyl (C=O) groups excluding carboxylic acids is 1. The fourth-order valence-corrected chi connectivity index (χ4v) is 2.62. The Labute approximate surface area is 173 Å². The number of benzene rings is 2. The summed E-state index contributed by atoms with van der Waals surface area (Å²) in [5.41, 5.74) is -1.19. The maximum atomic E-state index is 12.8. The van der Waals surface area contributed by atoms with Crippen molar-refractivity contribution in [3.63, 3.8) is 0 Å². The van der Waals surface area contributed by atoms with Crippen molar-refractivity contribution in [2.75, 3.05) is 5.32 Å². The van der Waals surface area contributed by atoms with Gasteiger partial charge in [-0.2, -0.15) is 18.4 Å². The number of nitro groups is 1. The maximum Gasteiger partial charge on any atom is 0.416 e. The molecule has 0 spiro atoms. The van der Waals surface area contributed by atoms with Crippen LogP contribution in [0.1, 0.15) is 11.3 Å². The molecule has 1 aromatic heterocycles. The number of halogens is 3. The molecule has 10 heteroatoms. The van der Waals surface area contributed by atoms with Crippen LogP contribution in [-0.4, -0.2) is 10.8 Å². The number of alkyl halides is 3. The van der Waals surface area contributed by atoms with Gasteiger partial charge in [-0.3, -0.25) is 14.9 Å². The molecule has 1 amide bonds. The molecule has 3 aromatic rings. The minimum Gasteiger partial charge on any atom is -0.457 e. The predicted octanol–water partition coefficient (Wildman–Crippen LogP) is 5.42.